The lowest BCUT2D eigenvalue weighted by Crippen LogP contribution is -2.62. The number of carbonyl (C=O) groups is 1. The molecule has 0 spiro atoms. The van der Waals surface area contributed by atoms with Crippen molar-refractivity contribution in [3.8, 4) is 0 Å². The first-order chi connectivity index (χ1) is 14.5. The number of ether oxygens (including phenoxy) is 1. The Bertz CT molecular complexity index is 634. The molecule has 9 nitrogen and oxygen atoms in total. The molecular weight excluding hydrogens is 389 g/mol. The Morgan fingerprint density at radius 1 is 1.17 bits per heavy atom. The number of carbonyl (C=O) groups excluding carboxylic acids is 1. The van der Waals surface area contributed by atoms with Crippen LogP contribution in [-0.4, -0.2) is 110 Å². The van der Waals surface area contributed by atoms with Gasteiger partial charge in [0, 0.05) is 33.2 Å². The molecule has 7 atom stereocenters. The van der Waals surface area contributed by atoms with Crippen LogP contribution in [0.4, 0.5) is 4.39 Å². The largest absolute Gasteiger partial charge is 0.371 e. The summed E-state index contributed by atoms with van der Waals surface area (Å²) in [7, 11) is 1.83. The Hall–Kier alpha value is -0.880. The summed E-state index contributed by atoms with van der Waals surface area (Å²) in [6.45, 7) is 5.51. The van der Waals surface area contributed by atoms with Gasteiger partial charge in [0.1, 0.15) is 6.17 Å². The van der Waals surface area contributed by atoms with Crippen LogP contribution in [-0.2, 0) is 9.53 Å². The molecule has 2 bridgehead atoms. The van der Waals surface area contributed by atoms with Crippen molar-refractivity contribution in [1.29, 1.82) is 0 Å². The highest BCUT2D eigenvalue weighted by molar-refractivity contribution is 5.80. The van der Waals surface area contributed by atoms with Crippen molar-refractivity contribution >= 4 is 5.91 Å². The van der Waals surface area contributed by atoms with Gasteiger partial charge in [-0.2, -0.15) is 0 Å². The molecule has 6 fully saturated rings. The summed E-state index contributed by atoms with van der Waals surface area (Å²) in [4.78, 5) is 15.8. The summed E-state index contributed by atoms with van der Waals surface area (Å²) in [6, 6.07) is -0.0780. The molecule has 0 aromatic heterocycles. The van der Waals surface area contributed by atoms with Gasteiger partial charge in [0.05, 0.1) is 36.5 Å². The first kappa shape index (κ1) is 21.0. The van der Waals surface area contributed by atoms with Crippen molar-refractivity contribution in [3.63, 3.8) is 0 Å². The second-order valence-corrected chi connectivity index (χ2v) is 9.62. The maximum Gasteiger partial charge on any atom is 0.229 e. The van der Waals surface area contributed by atoms with Crippen LogP contribution in [0.25, 0.3) is 0 Å². The summed E-state index contributed by atoms with van der Waals surface area (Å²) < 4.78 is 20.5. The van der Waals surface area contributed by atoms with E-state index < -0.39 is 18.3 Å². The first-order valence-electron chi connectivity index (χ1n) is 11.5. The van der Waals surface area contributed by atoms with Gasteiger partial charge in [0.2, 0.25) is 5.91 Å². The number of hydrogen-bond donors (Lipinski definition) is 4. The highest BCUT2D eigenvalue weighted by Crippen LogP contribution is 2.32. The fraction of sp³-hybridized carbons (Fsp3) is 0.950. The molecular formula is C20H36FN7O2. The predicted octanol–water partition coefficient (Wildman–Crippen LogP) is -1.73. The van der Waals surface area contributed by atoms with Crippen molar-refractivity contribution in [2.24, 2.45) is 17.6 Å². The molecule has 0 radical (unpaired) electrons. The topological polar surface area (TPSA) is 98.1 Å². The average Bonchev–Trinajstić information content (AvgIpc) is 3.00. The summed E-state index contributed by atoms with van der Waals surface area (Å²) >= 11 is 0. The maximum atomic E-state index is 13.9. The molecule has 10 heteroatoms. The van der Waals surface area contributed by atoms with Gasteiger partial charge in [0.25, 0.3) is 0 Å². The normalized spacial score (nSPS) is 47.2. The first-order valence-corrected chi connectivity index (χ1v) is 11.5. The van der Waals surface area contributed by atoms with Gasteiger partial charge in [-0.1, -0.05) is 0 Å². The van der Waals surface area contributed by atoms with Crippen LogP contribution in [0.1, 0.15) is 19.3 Å². The summed E-state index contributed by atoms with van der Waals surface area (Å²) in [5.74, 6) is 0.108. The van der Waals surface area contributed by atoms with Crippen LogP contribution >= 0.6 is 0 Å². The molecule has 0 aromatic rings. The molecule has 6 saturated heterocycles. The quantitative estimate of drug-likeness (QED) is 0.422. The second kappa shape index (κ2) is 8.57. The van der Waals surface area contributed by atoms with Crippen molar-refractivity contribution in [3.05, 3.63) is 0 Å². The lowest BCUT2D eigenvalue weighted by molar-refractivity contribution is -0.135. The molecule has 6 heterocycles. The fourth-order valence-corrected chi connectivity index (χ4v) is 5.97. The second-order valence-electron chi connectivity index (χ2n) is 9.62. The van der Waals surface area contributed by atoms with E-state index in [-0.39, 0.29) is 43.4 Å². The summed E-state index contributed by atoms with van der Waals surface area (Å²) in [5.41, 5.74) is 6.37. The number of halogens is 1. The highest BCUT2D eigenvalue weighted by Gasteiger charge is 2.51. The van der Waals surface area contributed by atoms with Crippen molar-refractivity contribution in [2.75, 3.05) is 52.9 Å². The van der Waals surface area contributed by atoms with Crippen LogP contribution < -0.4 is 21.7 Å². The zero-order valence-corrected chi connectivity index (χ0v) is 17.8. The van der Waals surface area contributed by atoms with E-state index >= 15 is 0 Å². The minimum atomic E-state index is -0.959. The molecule has 6 aliphatic rings. The van der Waals surface area contributed by atoms with E-state index in [4.69, 9.17) is 10.5 Å². The Balaban J connectivity index is 1.24. The van der Waals surface area contributed by atoms with Gasteiger partial charge in [-0.25, -0.2) is 14.4 Å². The lowest BCUT2D eigenvalue weighted by atomic mass is 9.85. The van der Waals surface area contributed by atoms with Gasteiger partial charge in [-0.05, 0) is 44.8 Å². The Labute approximate surface area is 177 Å². The molecule has 1 amide bonds. The van der Waals surface area contributed by atoms with Crippen LogP contribution in [0.5, 0.6) is 0 Å². The zero-order valence-electron chi connectivity index (χ0n) is 17.8. The Morgan fingerprint density at radius 3 is 2.70 bits per heavy atom. The van der Waals surface area contributed by atoms with Crippen molar-refractivity contribution in [2.45, 2.75) is 56.0 Å². The predicted molar refractivity (Wildman–Crippen MR) is 110 cm³/mol. The van der Waals surface area contributed by atoms with E-state index in [1.807, 2.05) is 12.1 Å². The highest BCUT2D eigenvalue weighted by atomic mass is 19.1. The number of fused-ring (bicyclic) bond motifs is 4. The lowest BCUT2D eigenvalue weighted by Gasteiger charge is -2.47. The third-order valence-electron chi connectivity index (χ3n) is 7.79. The minimum absolute atomic E-state index is 0.0155. The number of nitrogens with two attached hydrogens (primary N) is 1. The Morgan fingerprint density at radius 2 is 1.97 bits per heavy atom. The molecule has 6 aliphatic heterocycles. The maximum absolute atomic E-state index is 13.9. The third-order valence-corrected chi connectivity index (χ3v) is 7.79. The van der Waals surface area contributed by atoms with Gasteiger partial charge in [0.15, 0.2) is 0 Å². The fourth-order valence-electron chi connectivity index (χ4n) is 5.97. The SMILES string of the molecule is CN1C(N)C(C(=O)NC2CNCCC2O[C@@H]2CN3CCC2CC3)C2NCC(F)CN21. The van der Waals surface area contributed by atoms with E-state index in [9.17, 15) is 9.18 Å². The van der Waals surface area contributed by atoms with Gasteiger partial charge in [-0.3, -0.25) is 10.1 Å². The molecule has 0 saturated carbocycles. The van der Waals surface area contributed by atoms with E-state index in [0.717, 1.165) is 19.5 Å². The van der Waals surface area contributed by atoms with Crippen LogP contribution in [0.15, 0.2) is 0 Å². The number of hydrogen-bond acceptors (Lipinski definition) is 8. The molecule has 6 unspecified atom stereocenters. The number of piperidine rings is 4. The number of alkyl halides is 1. The monoisotopic (exact) mass is 425 g/mol. The van der Waals surface area contributed by atoms with Crippen LogP contribution in [0.2, 0.25) is 0 Å². The summed E-state index contributed by atoms with van der Waals surface area (Å²) in [5, 5.41) is 13.4. The standard InChI is InChI=1S/C20H36FN7O2/c1-26-18(22)17(19-24-8-13(21)10-28(19)26)20(29)25-14-9-23-5-2-15(14)30-16-11-27-6-3-12(16)4-7-27/h12-19,23-24H,2-11,22H2,1H3,(H,25,29)/t13?,14?,15?,16-,17?,18?,19?/m1/s1. The van der Waals surface area contributed by atoms with E-state index in [0.29, 0.717) is 12.5 Å². The molecule has 170 valence electrons. The minimum Gasteiger partial charge on any atom is -0.371 e. The van der Waals surface area contributed by atoms with Crippen LogP contribution in [0.3, 0.4) is 0 Å². The number of nitrogens with one attached hydrogen (secondary N) is 3. The van der Waals surface area contributed by atoms with Crippen molar-refractivity contribution < 1.29 is 13.9 Å². The van der Waals surface area contributed by atoms with E-state index in [1.165, 1.54) is 25.9 Å². The Kier molecular flexibility index (Phi) is 6.00. The number of amides is 1. The molecule has 6 rings (SSSR count). The number of nitrogens with zero attached hydrogens (tertiary/aromatic N) is 3. The molecule has 0 aliphatic carbocycles. The molecule has 5 N–H and O–H groups in total. The van der Waals surface area contributed by atoms with E-state index in [1.54, 1.807) is 5.01 Å². The number of hydrazine groups is 1. The zero-order chi connectivity index (χ0) is 20.8. The number of rotatable bonds is 4. The van der Waals surface area contributed by atoms with Crippen LogP contribution in [0, 0.1) is 11.8 Å². The smallest absolute Gasteiger partial charge is 0.229 e. The van der Waals surface area contributed by atoms with Crippen molar-refractivity contribution in [1.82, 2.24) is 30.9 Å². The van der Waals surface area contributed by atoms with Gasteiger partial charge in [-0.15, -0.1) is 0 Å². The summed E-state index contributed by atoms with van der Waals surface area (Å²) in [6.07, 6.45) is 1.90. The average molecular weight is 426 g/mol. The third kappa shape index (κ3) is 3.87. The molecule has 0 aromatic carbocycles. The van der Waals surface area contributed by atoms with E-state index in [2.05, 4.69) is 20.9 Å². The molecule has 30 heavy (non-hydrogen) atoms. The van der Waals surface area contributed by atoms with Gasteiger partial charge >= 0.3 is 0 Å². The van der Waals surface area contributed by atoms with Gasteiger partial charge < -0.3 is 26.0 Å².